The second-order valence-electron chi connectivity index (χ2n) is 10.6. The molecular weight excluding hydrogens is 571 g/mol. The molecule has 2 aliphatic rings. The van der Waals surface area contributed by atoms with Crippen LogP contribution in [0.3, 0.4) is 0 Å². The summed E-state index contributed by atoms with van der Waals surface area (Å²) in [6.07, 6.45) is 0.570. The Labute approximate surface area is 242 Å². The van der Waals surface area contributed by atoms with Crippen molar-refractivity contribution >= 4 is 23.4 Å². The number of halogens is 3. The van der Waals surface area contributed by atoms with Gasteiger partial charge < -0.3 is 31.3 Å². The number of fused-ring (bicyclic) bond motifs is 2. The van der Waals surface area contributed by atoms with E-state index in [9.17, 15) is 47.7 Å². The molecule has 13 heteroatoms. The number of piperidine rings is 1. The van der Waals surface area contributed by atoms with Crippen molar-refractivity contribution in [3.8, 4) is 17.2 Å². The van der Waals surface area contributed by atoms with E-state index in [0.717, 1.165) is 18.2 Å². The van der Waals surface area contributed by atoms with Gasteiger partial charge in [-0.05, 0) is 49.1 Å². The van der Waals surface area contributed by atoms with Crippen LogP contribution < -0.4 is 11.1 Å². The molecule has 5 rings (SSSR count). The lowest BCUT2D eigenvalue weighted by atomic mass is 9.82. The number of aromatic hydroxyl groups is 3. The first kappa shape index (κ1) is 29.6. The summed E-state index contributed by atoms with van der Waals surface area (Å²) in [4.78, 5) is 53.6. The molecule has 1 saturated heterocycles. The van der Waals surface area contributed by atoms with Crippen LogP contribution in [0.2, 0.25) is 0 Å². The van der Waals surface area contributed by atoms with E-state index in [1.165, 1.54) is 11.0 Å². The van der Waals surface area contributed by atoms with Crippen LogP contribution in [-0.4, -0.2) is 68.8 Å². The molecule has 2 amide bonds. The quantitative estimate of drug-likeness (QED) is 0.211. The minimum Gasteiger partial charge on any atom is -0.508 e. The van der Waals surface area contributed by atoms with Crippen LogP contribution in [0.4, 0.5) is 13.2 Å². The molecule has 0 unspecified atom stereocenters. The summed E-state index contributed by atoms with van der Waals surface area (Å²) in [7, 11) is 0. The first-order valence-corrected chi connectivity index (χ1v) is 13.3. The Kier molecular flexibility index (Phi) is 7.84. The fourth-order valence-corrected chi connectivity index (χ4v) is 5.53. The Morgan fingerprint density at radius 2 is 1.56 bits per heavy atom. The monoisotopic (exact) mass is 597 g/mol. The Balaban J connectivity index is 1.26. The largest absolute Gasteiger partial charge is 0.508 e. The second kappa shape index (κ2) is 11.4. The predicted octanol–water partition coefficient (Wildman–Crippen LogP) is 2.68. The van der Waals surface area contributed by atoms with Gasteiger partial charge in [0.2, 0.25) is 11.7 Å². The SMILES string of the molecule is N[C@@H](CC(=O)N[C@H]1CCCN(C(=O)c2cc(O)c3c(c2)C(=O)c2cc(O)cc(O)c2C3=O)C1)Cc1cc(F)c(F)cc1F. The fraction of sp³-hybridized carbons (Fsp3) is 0.267. The van der Waals surface area contributed by atoms with Gasteiger partial charge in [0.1, 0.15) is 23.1 Å². The summed E-state index contributed by atoms with van der Waals surface area (Å²) >= 11 is 0. The topological polar surface area (TPSA) is 170 Å². The smallest absolute Gasteiger partial charge is 0.254 e. The first-order chi connectivity index (χ1) is 20.3. The molecule has 0 spiro atoms. The van der Waals surface area contributed by atoms with Crippen LogP contribution in [-0.2, 0) is 11.2 Å². The van der Waals surface area contributed by atoms with Crippen LogP contribution >= 0.6 is 0 Å². The molecule has 1 fully saturated rings. The lowest BCUT2D eigenvalue weighted by molar-refractivity contribution is -0.122. The van der Waals surface area contributed by atoms with E-state index in [4.69, 9.17) is 5.73 Å². The third-order valence-electron chi connectivity index (χ3n) is 7.50. The molecule has 6 N–H and O–H groups in total. The molecule has 43 heavy (non-hydrogen) atoms. The molecule has 0 aromatic heterocycles. The van der Waals surface area contributed by atoms with Gasteiger partial charge in [0.15, 0.2) is 17.4 Å². The normalized spacial score (nSPS) is 16.8. The van der Waals surface area contributed by atoms with Crippen molar-refractivity contribution in [2.45, 2.75) is 37.8 Å². The van der Waals surface area contributed by atoms with Gasteiger partial charge in [0.25, 0.3) is 5.91 Å². The van der Waals surface area contributed by atoms with Crippen LogP contribution in [0.1, 0.15) is 67.0 Å². The van der Waals surface area contributed by atoms with E-state index in [1.54, 1.807) is 0 Å². The number of nitrogens with two attached hydrogens (primary N) is 1. The highest BCUT2D eigenvalue weighted by Gasteiger charge is 2.36. The van der Waals surface area contributed by atoms with E-state index in [-0.39, 0.29) is 52.8 Å². The van der Waals surface area contributed by atoms with E-state index >= 15 is 0 Å². The summed E-state index contributed by atoms with van der Waals surface area (Å²) in [5, 5.41) is 33.4. The van der Waals surface area contributed by atoms with Crippen molar-refractivity contribution in [3.05, 3.63) is 87.2 Å². The lowest BCUT2D eigenvalue weighted by Gasteiger charge is -2.33. The van der Waals surface area contributed by atoms with Crippen molar-refractivity contribution in [1.82, 2.24) is 10.2 Å². The molecular formula is C30H26F3N3O7. The highest BCUT2D eigenvalue weighted by atomic mass is 19.2. The molecule has 0 radical (unpaired) electrons. The average molecular weight is 598 g/mol. The van der Waals surface area contributed by atoms with Crippen molar-refractivity contribution in [3.63, 3.8) is 0 Å². The Morgan fingerprint density at radius 1 is 0.907 bits per heavy atom. The number of phenolic OH excluding ortho intramolecular Hbond substituents is 3. The van der Waals surface area contributed by atoms with Crippen molar-refractivity contribution in [1.29, 1.82) is 0 Å². The fourth-order valence-electron chi connectivity index (χ4n) is 5.53. The molecule has 1 heterocycles. The number of likely N-dealkylation sites (tertiary alicyclic amines) is 1. The number of phenols is 3. The Hall–Kier alpha value is -4.91. The van der Waals surface area contributed by atoms with Gasteiger partial charge in [0.05, 0.1) is 11.1 Å². The first-order valence-electron chi connectivity index (χ1n) is 13.3. The molecule has 0 saturated carbocycles. The molecule has 1 aliphatic carbocycles. The van der Waals surface area contributed by atoms with E-state index in [0.29, 0.717) is 31.5 Å². The number of benzene rings is 3. The number of rotatable bonds is 6. The average Bonchev–Trinajstić information content (AvgIpc) is 2.93. The molecule has 3 aromatic carbocycles. The third kappa shape index (κ3) is 5.75. The number of hydrogen-bond acceptors (Lipinski definition) is 8. The van der Waals surface area contributed by atoms with Gasteiger partial charge in [-0.1, -0.05) is 0 Å². The zero-order chi connectivity index (χ0) is 31.2. The van der Waals surface area contributed by atoms with Gasteiger partial charge in [-0.3, -0.25) is 19.2 Å². The second-order valence-corrected chi connectivity index (χ2v) is 10.6. The van der Waals surface area contributed by atoms with Crippen molar-refractivity contribution in [2.75, 3.05) is 13.1 Å². The number of carbonyl (C=O) groups is 4. The minimum absolute atomic E-state index is 0.0763. The van der Waals surface area contributed by atoms with Gasteiger partial charge in [0, 0.05) is 60.4 Å². The summed E-state index contributed by atoms with van der Waals surface area (Å²) in [5.41, 5.74) is 4.41. The highest BCUT2D eigenvalue weighted by Crippen LogP contribution is 2.39. The third-order valence-corrected chi connectivity index (χ3v) is 7.50. The summed E-state index contributed by atoms with van der Waals surface area (Å²) in [6, 6.07) is 3.86. The highest BCUT2D eigenvalue weighted by molar-refractivity contribution is 6.30. The van der Waals surface area contributed by atoms with E-state index in [1.807, 2.05) is 0 Å². The van der Waals surface area contributed by atoms with Gasteiger partial charge in [-0.2, -0.15) is 0 Å². The van der Waals surface area contributed by atoms with Crippen molar-refractivity contribution < 1.29 is 47.7 Å². The summed E-state index contributed by atoms with van der Waals surface area (Å²) in [5.74, 6) is -7.93. The maximum atomic E-state index is 13.9. The Morgan fingerprint density at radius 3 is 2.28 bits per heavy atom. The van der Waals surface area contributed by atoms with Gasteiger partial charge >= 0.3 is 0 Å². The zero-order valence-corrected chi connectivity index (χ0v) is 22.5. The summed E-state index contributed by atoms with van der Waals surface area (Å²) < 4.78 is 40.6. The Bertz CT molecular complexity index is 1690. The number of ketones is 2. The number of carbonyl (C=O) groups excluding carboxylic acids is 4. The van der Waals surface area contributed by atoms with Crippen LogP contribution in [0, 0.1) is 17.5 Å². The number of nitrogens with zero attached hydrogens (tertiary/aromatic N) is 1. The van der Waals surface area contributed by atoms with Crippen molar-refractivity contribution in [2.24, 2.45) is 5.73 Å². The number of amides is 2. The summed E-state index contributed by atoms with van der Waals surface area (Å²) in [6.45, 7) is 0.377. The molecule has 224 valence electrons. The molecule has 2 atom stereocenters. The molecule has 0 bridgehead atoms. The van der Waals surface area contributed by atoms with Crippen LogP contribution in [0.25, 0.3) is 0 Å². The lowest BCUT2D eigenvalue weighted by Crippen LogP contribution is -2.50. The number of hydrogen-bond donors (Lipinski definition) is 5. The number of nitrogens with one attached hydrogen (secondary N) is 1. The van der Waals surface area contributed by atoms with Gasteiger partial charge in [-0.15, -0.1) is 0 Å². The van der Waals surface area contributed by atoms with Crippen LogP contribution in [0.5, 0.6) is 17.2 Å². The van der Waals surface area contributed by atoms with Crippen LogP contribution in [0.15, 0.2) is 36.4 Å². The maximum Gasteiger partial charge on any atom is 0.254 e. The minimum atomic E-state index is -1.33. The maximum absolute atomic E-state index is 13.9. The molecule has 1 aliphatic heterocycles. The molecule has 10 nitrogen and oxygen atoms in total. The van der Waals surface area contributed by atoms with Gasteiger partial charge in [-0.25, -0.2) is 13.2 Å². The van der Waals surface area contributed by atoms with E-state index in [2.05, 4.69) is 5.32 Å². The predicted molar refractivity (Wildman–Crippen MR) is 144 cm³/mol. The standard InChI is InChI=1S/C30H26F3N3O7/c31-20-11-22(33)21(32)6-13(20)4-15(34)8-25(40)35-16-2-1-3-36(12-16)30(43)14-5-18-26(23(38)7-14)29(42)27-19(28(18)41)9-17(37)10-24(27)39/h5-7,9-11,15-16,37-39H,1-4,8,12,34H2,(H,35,40)/t15-,16+/m1/s1. The molecule has 3 aromatic rings. The van der Waals surface area contributed by atoms with E-state index < -0.39 is 70.2 Å². The zero-order valence-electron chi connectivity index (χ0n) is 22.5.